The van der Waals surface area contributed by atoms with E-state index in [0.717, 1.165) is 0 Å². The maximum atomic E-state index is 12.8. The Morgan fingerprint density at radius 1 is 1.24 bits per heavy atom. The third-order valence-corrected chi connectivity index (χ3v) is 2.51. The van der Waals surface area contributed by atoms with Crippen molar-refractivity contribution in [3.05, 3.63) is 23.3 Å². The van der Waals surface area contributed by atoms with E-state index in [1.165, 1.54) is 12.1 Å². The van der Waals surface area contributed by atoms with E-state index >= 15 is 0 Å². The third-order valence-electron chi connectivity index (χ3n) is 2.51. The Morgan fingerprint density at radius 3 is 2.47 bits per heavy atom. The molecule has 94 valence electrons. The van der Waals surface area contributed by atoms with E-state index in [0.29, 0.717) is 36.7 Å². The van der Waals surface area contributed by atoms with Gasteiger partial charge in [-0.25, -0.2) is 14.3 Å². The molecule has 0 fully saturated rings. The monoisotopic (exact) mass is 245 g/mol. The van der Waals surface area contributed by atoms with Crippen LogP contribution in [0.15, 0.2) is 12.1 Å². The number of halogens is 2. The molecule has 1 aliphatic heterocycles. The highest BCUT2D eigenvalue weighted by Gasteiger charge is 2.19. The van der Waals surface area contributed by atoms with Gasteiger partial charge in [0.2, 0.25) is 0 Å². The third kappa shape index (κ3) is 2.65. The van der Waals surface area contributed by atoms with Crippen LogP contribution in [0.5, 0.6) is 11.5 Å². The Bertz CT molecular complexity index is 399. The molecule has 0 amide bonds. The Kier molecular flexibility index (Phi) is 3.75. The highest BCUT2D eigenvalue weighted by Crippen LogP contribution is 2.36. The van der Waals surface area contributed by atoms with E-state index in [1.54, 1.807) is 0 Å². The number of rotatable bonds is 3. The van der Waals surface area contributed by atoms with Gasteiger partial charge < -0.3 is 14.7 Å². The minimum Gasteiger partial charge on any atom is -0.490 e. The molecule has 0 bridgehead atoms. The lowest BCUT2D eigenvalue weighted by atomic mass is 10.1. The number of hydroxylamine groups is 1. The van der Waals surface area contributed by atoms with Crippen molar-refractivity contribution in [2.75, 3.05) is 13.2 Å². The number of fused-ring (bicyclic) bond motifs is 1. The molecule has 0 aliphatic carbocycles. The van der Waals surface area contributed by atoms with Crippen LogP contribution in [0, 0.1) is 0 Å². The molecular formula is C11H13F2NO3. The first-order valence-electron chi connectivity index (χ1n) is 5.30. The van der Waals surface area contributed by atoms with Gasteiger partial charge in [-0.05, 0) is 17.7 Å². The van der Waals surface area contributed by atoms with Crippen LogP contribution in [0.2, 0.25) is 0 Å². The van der Waals surface area contributed by atoms with Crippen LogP contribution in [-0.2, 0) is 6.54 Å². The summed E-state index contributed by atoms with van der Waals surface area (Å²) in [5, 5.41) is 8.62. The first kappa shape index (κ1) is 12.1. The van der Waals surface area contributed by atoms with Gasteiger partial charge in [-0.3, -0.25) is 0 Å². The summed E-state index contributed by atoms with van der Waals surface area (Å²) in [7, 11) is 0. The number of alkyl halides is 2. The summed E-state index contributed by atoms with van der Waals surface area (Å²) in [5.74, 6) is 0.775. The van der Waals surface area contributed by atoms with Crippen LogP contribution in [0.1, 0.15) is 24.0 Å². The zero-order valence-corrected chi connectivity index (χ0v) is 9.08. The second-order valence-electron chi connectivity index (χ2n) is 3.68. The van der Waals surface area contributed by atoms with Gasteiger partial charge in [0.05, 0.1) is 13.2 Å². The first-order valence-corrected chi connectivity index (χ1v) is 5.30. The summed E-state index contributed by atoms with van der Waals surface area (Å²) in [6.45, 7) is 0.886. The highest BCUT2D eigenvalue weighted by molar-refractivity contribution is 5.48. The van der Waals surface area contributed by atoms with Gasteiger partial charge in [-0.2, -0.15) is 0 Å². The molecule has 0 saturated carbocycles. The standard InChI is InChI=1S/C11H13F2NO3/c12-11(13)8-5-10-9(4-7(8)6-14-15)16-2-1-3-17-10/h4-5,11,14-15H,1-3,6H2. The molecule has 6 heteroatoms. The van der Waals surface area contributed by atoms with Crippen molar-refractivity contribution < 1.29 is 23.5 Å². The molecule has 0 unspecified atom stereocenters. The van der Waals surface area contributed by atoms with E-state index in [9.17, 15) is 8.78 Å². The van der Waals surface area contributed by atoms with Crippen molar-refractivity contribution in [2.24, 2.45) is 0 Å². The Morgan fingerprint density at radius 2 is 1.88 bits per heavy atom. The van der Waals surface area contributed by atoms with Crippen molar-refractivity contribution in [2.45, 2.75) is 19.4 Å². The Balaban J connectivity index is 2.41. The summed E-state index contributed by atoms with van der Waals surface area (Å²) < 4.78 is 36.4. The number of nitrogens with one attached hydrogen (secondary N) is 1. The molecule has 0 saturated heterocycles. The predicted octanol–water partition coefficient (Wildman–Crippen LogP) is 2.26. The van der Waals surface area contributed by atoms with Crippen LogP contribution in [-0.4, -0.2) is 18.4 Å². The molecule has 1 aromatic rings. The van der Waals surface area contributed by atoms with Crippen LogP contribution < -0.4 is 15.0 Å². The fourth-order valence-corrected chi connectivity index (χ4v) is 1.71. The smallest absolute Gasteiger partial charge is 0.264 e. The van der Waals surface area contributed by atoms with Gasteiger partial charge in [-0.15, -0.1) is 0 Å². The lowest BCUT2D eigenvalue weighted by Crippen LogP contribution is -2.09. The van der Waals surface area contributed by atoms with E-state index in [1.807, 2.05) is 5.48 Å². The van der Waals surface area contributed by atoms with E-state index < -0.39 is 6.43 Å². The highest BCUT2D eigenvalue weighted by atomic mass is 19.3. The predicted molar refractivity (Wildman–Crippen MR) is 55.6 cm³/mol. The maximum absolute atomic E-state index is 12.8. The molecule has 0 radical (unpaired) electrons. The molecule has 1 aliphatic rings. The topological polar surface area (TPSA) is 50.7 Å². The van der Waals surface area contributed by atoms with Crippen LogP contribution in [0.3, 0.4) is 0 Å². The van der Waals surface area contributed by atoms with Crippen molar-refractivity contribution in [3.63, 3.8) is 0 Å². The van der Waals surface area contributed by atoms with Crippen molar-refractivity contribution in [3.8, 4) is 11.5 Å². The van der Waals surface area contributed by atoms with E-state index in [4.69, 9.17) is 14.7 Å². The Hall–Kier alpha value is -1.40. The number of ether oxygens (including phenoxy) is 2. The summed E-state index contributed by atoms with van der Waals surface area (Å²) in [6.07, 6.45) is -1.90. The maximum Gasteiger partial charge on any atom is 0.264 e. The zero-order chi connectivity index (χ0) is 12.3. The van der Waals surface area contributed by atoms with Crippen molar-refractivity contribution >= 4 is 0 Å². The van der Waals surface area contributed by atoms with Crippen LogP contribution >= 0.6 is 0 Å². The summed E-state index contributed by atoms with van der Waals surface area (Å²) in [4.78, 5) is 0. The fourth-order valence-electron chi connectivity index (χ4n) is 1.71. The molecule has 0 aromatic heterocycles. The lowest BCUT2D eigenvalue weighted by molar-refractivity contribution is 0.141. The number of hydrogen-bond donors (Lipinski definition) is 2. The molecule has 1 aromatic carbocycles. The van der Waals surface area contributed by atoms with Gasteiger partial charge in [0.15, 0.2) is 11.5 Å². The summed E-state index contributed by atoms with van der Waals surface area (Å²) >= 11 is 0. The average molecular weight is 245 g/mol. The summed E-state index contributed by atoms with van der Waals surface area (Å²) in [5.41, 5.74) is 2.01. The first-order chi connectivity index (χ1) is 8.22. The molecule has 4 nitrogen and oxygen atoms in total. The second-order valence-corrected chi connectivity index (χ2v) is 3.68. The van der Waals surface area contributed by atoms with Gasteiger partial charge in [0, 0.05) is 18.5 Å². The van der Waals surface area contributed by atoms with Crippen LogP contribution in [0.25, 0.3) is 0 Å². The molecule has 1 heterocycles. The quantitative estimate of drug-likeness (QED) is 0.802. The normalized spacial score (nSPS) is 14.8. The second kappa shape index (κ2) is 5.29. The zero-order valence-electron chi connectivity index (χ0n) is 9.08. The van der Waals surface area contributed by atoms with E-state index in [2.05, 4.69) is 0 Å². The molecule has 17 heavy (non-hydrogen) atoms. The summed E-state index contributed by atoms with van der Waals surface area (Å²) in [6, 6.07) is 2.75. The van der Waals surface area contributed by atoms with Gasteiger partial charge in [-0.1, -0.05) is 0 Å². The van der Waals surface area contributed by atoms with Gasteiger partial charge >= 0.3 is 0 Å². The fraction of sp³-hybridized carbons (Fsp3) is 0.455. The molecule has 2 rings (SSSR count). The average Bonchev–Trinajstić information content (AvgIpc) is 2.52. The SMILES string of the molecule is ONCc1cc2c(cc1C(F)F)OCCCO2. The molecule has 0 atom stereocenters. The number of benzene rings is 1. The van der Waals surface area contributed by atoms with E-state index in [-0.39, 0.29) is 12.1 Å². The number of hydrogen-bond acceptors (Lipinski definition) is 4. The van der Waals surface area contributed by atoms with Crippen LogP contribution in [0.4, 0.5) is 8.78 Å². The van der Waals surface area contributed by atoms with Gasteiger partial charge in [0.1, 0.15) is 0 Å². The molecular weight excluding hydrogens is 232 g/mol. The molecule has 2 N–H and O–H groups in total. The Labute approximate surface area is 97.1 Å². The minimum absolute atomic E-state index is 0.0592. The van der Waals surface area contributed by atoms with Crippen molar-refractivity contribution in [1.82, 2.24) is 5.48 Å². The lowest BCUT2D eigenvalue weighted by Gasteiger charge is -2.13. The van der Waals surface area contributed by atoms with Gasteiger partial charge in [0.25, 0.3) is 6.43 Å². The minimum atomic E-state index is -2.62. The largest absolute Gasteiger partial charge is 0.490 e. The van der Waals surface area contributed by atoms with Crippen molar-refractivity contribution in [1.29, 1.82) is 0 Å². The molecule has 0 spiro atoms.